The number of aliphatic hydroxyl groups excluding tert-OH is 2. The van der Waals surface area contributed by atoms with E-state index in [1.165, 1.54) is 0 Å². The van der Waals surface area contributed by atoms with E-state index in [1.54, 1.807) is 31.3 Å². The number of aromatic nitrogens is 2. The molecule has 0 aliphatic heterocycles. The number of carbonyl (C=O) groups excluding carboxylic acids is 1. The smallest absolute Gasteiger partial charge is 0.308 e. The highest BCUT2D eigenvalue weighted by molar-refractivity contribution is 5.70. The molecule has 0 bridgehead atoms. The van der Waals surface area contributed by atoms with Crippen LogP contribution in [0.5, 0.6) is 0 Å². The lowest BCUT2D eigenvalue weighted by Crippen LogP contribution is -2.23. The zero-order valence-corrected chi connectivity index (χ0v) is 11.7. The second-order valence-electron chi connectivity index (χ2n) is 4.58. The van der Waals surface area contributed by atoms with Gasteiger partial charge in [0, 0.05) is 11.8 Å². The van der Waals surface area contributed by atoms with E-state index in [-0.39, 0.29) is 13.0 Å². The van der Waals surface area contributed by atoms with E-state index in [2.05, 4.69) is 10.2 Å². The van der Waals surface area contributed by atoms with Crippen molar-refractivity contribution in [3.05, 3.63) is 42.1 Å². The molecule has 2 aromatic rings. The molecular weight excluding hydrogens is 272 g/mol. The molecule has 21 heavy (non-hydrogen) atoms. The lowest BCUT2D eigenvalue weighted by atomic mass is 9.95. The van der Waals surface area contributed by atoms with E-state index in [4.69, 9.17) is 4.74 Å². The van der Waals surface area contributed by atoms with Gasteiger partial charge in [-0.1, -0.05) is 24.3 Å². The van der Waals surface area contributed by atoms with Gasteiger partial charge in [-0.25, -0.2) is 0 Å². The fraction of sp³-hybridized carbons (Fsp3) is 0.333. The average Bonchev–Trinajstić information content (AvgIpc) is 3.00. The first-order valence-corrected chi connectivity index (χ1v) is 6.74. The number of aromatic amines is 1. The zero-order chi connectivity index (χ0) is 15.2. The highest BCUT2D eigenvalue weighted by Crippen LogP contribution is 2.29. The summed E-state index contributed by atoms with van der Waals surface area (Å²) in [5.74, 6) is -0.539. The molecule has 0 fully saturated rings. The topological polar surface area (TPSA) is 95.4 Å². The van der Waals surface area contributed by atoms with Gasteiger partial charge in [0.05, 0.1) is 24.8 Å². The van der Waals surface area contributed by atoms with Crippen molar-refractivity contribution in [1.82, 2.24) is 10.2 Å². The van der Waals surface area contributed by atoms with Crippen LogP contribution >= 0.6 is 0 Å². The average molecular weight is 290 g/mol. The molecule has 0 radical (unpaired) electrons. The van der Waals surface area contributed by atoms with Crippen molar-refractivity contribution in [3.8, 4) is 11.3 Å². The predicted octanol–water partition coefficient (Wildman–Crippen LogP) is 1.42. The monoisotopic (exact) mass is 290 g/mol. The second-order valence-corrected chi connectivity index (χ2v) is 4.58. The van der Waals surface area contributed by atoms with Crippen molar-refractivity contribution in [2.75, 3.05) is 6.61 Å². The number of hydrogen-bond acceptors (Lipinski definition) is 5. The maximum Gasteiger partial charge on any atom is 0.308 e. The fourth-order valence-electron chi connectivity index (χ4n) is 2.12. The van der Waals surface area contributed by atoms with Crippen molar-refractivity contribution in [1.29, 1.82) is 0 Å². The summed E-state index contributed by atoms with van der Waals surface area (Å²) in [6, 6.07) is 8.86. The van der Waals surface area contributed by atoms with Crippen LogP contribution in [0.4, 0.5) is 0 Å². The van der Waals surface area contributed by atoms with E-state index in [9.17, 15) is 15.0 Å². The Balaban J connectivity index is 2.19. The van der Waals surface area contributed by atoms with E-state index < -0.39 is 18.2 Å². The summed E-state index contributed by atoms with van der Waals surface area (Å²) in [5, 5.41) is 27.0. The molecule has 0 saturated heterocycles. The highest BCUT2D eigenvalue weighted by Gasteiger charge is 2.24. The Labute approximate surface area is 122 Å². The number of carbonyl (C=O) groups is 1. The van der Waals surface area contributed by atoms with Gasteiger partial charge in [0.15, 0.2) is 0 Å². The maximum atomic E-state index is 11.4. The van der Waals surface area contributed by atoms with Crippen molar-refractivity contribution >= 4 is 5.97 Å². The van der Waals surface area contributed by atoms with Crippen LogP contribution in [0.15, 0.2) is 36.5 Å². The zero-order valence-electron chi connectivity index (χ0n) is 11.7. The summed E-state index contributed by atoms with van der Waals surface area (Å²) in [7, 11) is 0. The van der Waals surface area contributed by atoms with E-state index in [1.807, 2.05) is 12.1 Å². The summed E-state index contributed by atoms with van der Waals surface area (Å²) in [6.45, 7) is 1.93. The molecule has 2 unspecified atom stereocenters. The third-order valence-corrected chi connectivity index (χ3v) is 3.12. The predicted molar refractivity (Wildman–Crippen MR) is 76.2 cm³/mol. The van der Waals surface area contributed by atoms with Crippen molar-refractivity contribution in [2.45, 2.75) is 25.6 Å². The standard InChI is InChI=1S/C15H18N2O4/c1-2-21-14(19)9-13(18)15(20)11-6-4-3-5-10(11)12-7-8-16-17-12/h3-8,13,15,18,20H,2,9H2,1H3,(H,16,17). The number of rotatable bonds is 6. The Kier molecular flexibility index (Phi) is 5.08. The minimum absolute atomic E-state index is 0.242. The molecule has 6 nitrogen and oxygen atoms in total. The lowest BCUT2D eigenvalue weighted by Gasteiger charge is -2.19. The van der Waals surface area contributed by atoms with Crippen LogP contribution in [0.25, 0.3) is 11.3 Å². The van der Waals surface area contributed by atoms with Gasteiger partial charge in [0.1, 0.15) is 6.10 Å². The van der Waals surface area contributed by atoms with Crippen LogP contribution in [0.3, 0.4) is 0 Å². The summed E-state index contributed by atoms with van der Waals surface area (Å²) in [6.07, 6.45) is -1.07. The van der Waals surface area contributed by atoms with Crippen LogP contribution in [0.1, 0.15) is 25.0 Å². The van der Waals surface area contributed by atoms with Gasteiger partial charge in [-0.05, 0) is 18.6 Å². The third-order valence-electron chi connectivity index (χ3n) is 3.12. The quantitative estimate of drug-likeness (QED) is 0.699. The van der Waals surface area contributed by atoms with Gasteiger partial charge >= 0.3 is 5.97 Å². The Bertz CT molecular complexity index is 583. The number of nitrogens with one attached hydrogen (secondary N) is 1. The van der Waals surface area contributed by atoms with Crippen LogP contribution in [-0.2, 0) is 9.53 Å². The molecule has 2 rings (SSSR count). The molecule has 0 spiro atoms. The lowest BCUT2D eigenvalue weighted by molar-refractivity contribution is -0.147. The molecule has 6 heteroatoms. The normalized spacial score (nSPS) is 13.7. The Morgan fingerprint density at radius 3 is 2.76 bits per heavy atom. The number of H-pyrrole nitrogens is 1. The molecule has 0 aliphatic carbocycles. The molecule has 1 heterocycles. The number of esters is 1. The number of ether oxygens (including phenoxy) is 1. The van der Waals surface area contributed by atoms with Gasteiger partial charge in [0.25, 0.3) is 0 Å². The van der Waals surface area contributed by atoms with Crippen molar-refractivity contribution in [2.24, 2.45) is 0 Å². The van der Waals surface area contributed by atoms with Gasteiger partial charge in [-0.15, -0.1) is 0 Å². The van der Waals surface area contributed by atoms with Gasteiger partial charge in [0.2, 0.25) is 0 Å². The van der Waals surface area contributed by atoms with E-state index >= 15 is 0 Å². The molecule has 3 N–H and O–H groups in total. The first-order chi connectivity index (χ1) is 10.1. The Morgan fingerprint density at radius 1 is 1.33 bits per heavy atom. The van der Waals surface area contributed by atoms with Crippen molar-refractivity contribution < 1.29 is 19.7 Å². The molecule has 2 atom stereocenters. The molecule has 0 saturated carbocycles. The van der Waals surface area contributed by atoms with Crippen LogP contribution in [-0.4, -0.2) is 39.1 Å². The molecule has 0 aliphatic rings. The largest absolute Gasteiger partial charge is 0.466 e. The number of nitrogens with zero attached hydrogens (tertiary/aromatic N) is 1. The first-order valence-electron chi connectivity index (χ1n) is 6.74. The van der Waals surface area contributed by atoms with Crippen molar-refractivity contribution in [3.63, 3.8) is 0 Å². The number of benzene rings is 1. The summed E-state index contributed by atoms with van der Waals surface area (Å²) in [5.41, 5.74) is 1.98. The van der Waals surface area contributed by atoms with Gasteiger partial charge in [-0.3, -0.25) is 9.89 Å². The van der Waals surface area contributed by atoms with Crippen LogP contribution in [0, 0.1) is 0 Å². The minimum atomic E-state index is -1.23. The maximum absolute atomic E-state index is 11.4. The van der Waals surface area contributed by atoms with Crippen LogP contribution < -0.4 is 0 Å². The minimum Gasteiger partial charge on any atom is -0.466 e. The SMILES string of the molecule is CCOC(=O)CC(O)C(O)c1ccccc1-c1ccn[nH]1. The Hall–Kier alpha value is -2.18. The van der Waals surface area contributed by atoms with E-state index in [0.717, 1.165) is 11.3 Å². The molecule has 1 aromatic heterocycles. The van der Waals surface area contributed by atoms with Crippen LogP contribution in [0.2, 0.25) is 0 Å². The summed E-state index contributed by atoms with van der Waals surface area (Å²) < 4.78 is 4.77. The first kappa shape index (κ1) is 15.2. The molecule has 112 valence electrons. The Morgan fingerprint density at radius 2 is 2.10 bits per heavy atom. The highest BCUT2D eigenvalue weighted by atomic mass is 16.5. The molecular formula is C15H18N2O4. The summed E-state index contributed by atoms with van der Waals surface area (Å²) in [4.78, 5) is 11.4. The van der Waals surface area contributed by atoms with Gasteiger partial charge in [-0.2, -0.15) is 5.10 Å². The molecule has 1 aromatic carbocycles. The number of hydrogen-bond donors (Lipinski definition) is 3. The summed E-state index contributed by atoms with van der Waals surface area (Å²) >= 11 is 0. The van der Waals surface area contributed by atoms with E-state index in [0.29, 0.717) is 5.56 Å². The second kappa shape index (κ2) is 7.01. The number of aliphatic hydroxyl groups is 2. The van der Waals surface area contributed by atoms with Gasteiger partial charge < -0.3 is 14.9 Å². The molecule has 0 amide bonds. The fourth-order valence-corrected chi connectivity index (χ4v) is 2.12. The third kappa shape index (κ3) is 3.68.